The Kier molecular flexibility index (Phi) is 17.1. The summed E-state index contributed by atoms with van der Waals surface area (Å²) in [6.45, 7) is 14.4. The van der Waals surface area contributed by atoms with Gasteiger partial charge in [0.05, 0.1) is 6.61 Å². The molecule has 0 bridgehead atoms. The van der Waals surface area contributed by atoms with Gasteiger partial charge in [0.25, 0.3) is 0 Å². The second-order valence-electron chi connectivity index (χ2n) is 4.09. The van der Waals surface area contributed by atoms with E-state index < -0.39 is 0 Å². The minimum Gasteiger partial charge on any atom is -0.381 e. The molecular weight excluding hydrogens is 208 g/mol. The first kappa shape index (κ1) is 18.8. The monoisotopic (exact) mass is 240 g/mol. The zero-order chi connectivity index (χ0) is 13.5. The Morgan fingerprint density at radius 3 is 2.06 bits per heavy atom. The summed E-state index contributed by atoms with van der Waals surface area (Å²) in [5, 5.41) is 0. The van der Waals surface area contributed by atoms with Gasteiger partial charge in [0.15, 0.2) is 0 Å². The lowest BCUT2D eigenvalue weighted by Gasteiger charge is -2.22. The highest BCUT2D eigenvalue weighted by atomic mass is 16.5. The third-order valence-electron chi connectivity index (χ3n) is 2.92. The fraction of sp³-hybridized carbons (Fsp3) is 0.750. The molecule has 1 aliphatic carbocycles. The van der Waals surface area contributed by atoms with Crippen LogP contribution in [0.25, 0.3) is 0 Å². The molecule has 0 aromatic carbocycles. The van der Waals surface area contributed by atoms with Gasteiger partial charge in [-0.3, -0.25) is 0 Å². The lowest BCUT2D eigenvalue weighted by Crippen LogP contribution is -2.07. The average molecular weight is 240 g/mol. The Hall–Kier alpha value is -0.560. The van der Waals surface area contributed by atoms with Gasteiger partial charge in [-0.15, -0.1) is 6.58 Å². The summed E-state index contributed by atoms with van der Waals surface area (Å²) in [5.41, 5.74) is 1.49. The molecule has 1 fully saturated rings. The number of ether oxygens (including phenoxy) is 1. The van der Waals surface area contributed by atoms with Crippen molar-refractivity contribution in [2.45, 2.75) is 59.3 Å². The lowest BCUT2D eigenvalue weighted by molar-refractivity contribution is 0.234. The average Bonchev–Trinajstić information content (AvgIpc) is 2.43. The third kappa shape index (κ3) is 11.7. The van der Waals surface area contributed by atoms with Crippen LogP contribution >= 0.6 is 0 Å². The van der Waals surface area contributed by atoms with Crippen LogP contribution in [0.5, 0.6) is 0 Å². The first-order valence-electron chi connectivity index (χ1n) is 7.03. The van der Waals surface area contributed by atoms with Crippen LogP contribution in [0.4, 0.5) is 0 Å². The van der Waals surface area contributed by atoms with Crippen LogP contribution in [0, 0.1) is 5.92 Å². The molecule has 0 saturated heterocycles. The summed E-state index contributed by atoms with van der Waals surface area (Å²) in [6, 6.07) is 0. The smallest absolute Gasteiger partial charge is 0.0641 e. The van der Waals surface area contributed by atoms with Gasteiger partial charge in [0.2, 0.25) is 0 Å². The van der Waals surface area contributed by atoms with E-state index in [0.717, 1.165) is 5.92 Å². The van der Waals surface area contributed by atoms with Gasteiger partial charge in [0, 0.05) is 7.11 Å². The Labute approximate surface area is 109 Å². The van der Waals surface area contributed by atoms with Crippen molar-refractivity contribution in [2.75, 3.05) is 13.7 Å². The number of methoxy groups -OCH3 is 1. The van der Waals surface area contributed by atoms with E-state index in [1.54, 1.807) is 13.2 Å². The fourth-order valence-corrected chi connectivity index (χ4v) is 1.92. The molecule has 1 heteroatoms. The highest BCUT2D eigenvalue weighted by molar-refractivity contribution is 5.00. The Balaban J connectivity index is 0. The van der Waals surface area contributed by atoms with Gasteiger partial charge in [-0.2, -0.15) is 0 Å². The summed E-state index contributed by atoms with van der Waals surface area (Å²) in [5.74, 6) is 0.874. The molecule has 1 saturated carbocycles. The highest BCUT2D eigenvalue weighted by Gasteiger charge is 2.14. The van der Waals surface area contributed by atoms with Crippen LogP contribution in [0.15, 0.2) is 24.8 Å². The van der Waals surface area contributed by atoms with Crippen molar-refractivity contribution in [3.8, 4) is 0 Å². The molecule has 0 heterocycles. The number of rotatable bonds is 4. The second kappa shape index (κ2) is 15.4. The minimum atomic E-state index is 0.653. The van der Waals surface area contributed by atoms with Gasteiger partial charge in [0.1, 0.15) is 0 Å². The zero-order valence-electron chi connectivity index (χ0n) is 12.4. The second-order valence-corrected chi connectivity index (χ2v) is 4.09. The molecule has 0 aromatic rings. The van der Waals surface area contributed by atoms with Crippen molar-refractivity contribution in [1.82, 2.24) is 0 Å². The van der Waals surface area contributed by atoms with Crippen LogP contribution in [-0.2, 0) is 4.74 Å². The van der Waals surface area contributed by atoms with E-state index in [9.17, 15) is 0 Å². The largest absolute Gasteiger partial charge is 0.381 e. The summed E-state index contributed by atoms with van der Waals surface area (Å²) >= 11 is 0. The normalized spacial score (nSPS) is 14.8. The number of hydrogen-bond donors (Lipinski definition) is 0. The van der Waals surface area contributed by atoms with Crippen LogP contribution in [0.2, 0.25) is 0 Å². The molecule has 1 aliphatic rings. The Morgan fingerprint density at radius 2 is 1.76 bits per heavy atom. The molecule has 0 N–H and O–H groups in total. The van der Waals surface area contributed by atoms with E-state index in [0.29, 0.717) is 6.61 Å². The molecule has 1 rings (SSSR count). The molecule has 0 aromatic heterocycles. The van der Waals surface area contributed by atoms with Crippen molar-refractivity contribution in [3.05, 3.63) is 24.8 Å². The highest BCUT2D eigenvalue weighted by Crippen LogP contribution is 2.29. The molecule has 0 radical (unpaired) electrons. The van der Waals surface area contributed by atoms with Crippen molar-refractivity contribution >= 4 is 0 Å². The molecule has 0 atom stereocenters. The van der Waals surface area contributed by atoms with Gasteiger partial charge >= 0.3 is 0 Å². The molecule has 0 unspecified atom stereocenters. The lowest BCUT2D eigenvalue weighted by atomic mass is 9.83. The SMILES string of the molecule is C=C(CC)C1CCCCC1.C=CCOC.CC. The maximum absolute atomic E-state index is 4.57. The van der Waals surface area contributed by atoms with Crippen molar-refractivity contribution in [3.63, 3.8) is 0 Å². The summed E-state index contributed by atoms with van der Waals surface area (Å²) in [6.07, 6.45) is 10.0. The number of hydrogen-bond acceptors (Lipinski definition) is 1. The quantitative estimate of drug-likeness (QED) is 0.600. The standard InChI is InChI=1S/C10H18.C4H8O.C2H6/c1-3-9(2)10-7-5-4-6-8-10;1-3-4-5-2;1-2/h10H,2-8H2,1H3;3H,1,4H2,2H3;1-2H3. The summed E-state index contributed by atoms with van der Waals surface area (Å²) in [7, 11) is 1.64. The van der Waals surface area contributed by atoms with Gasteiger partial charge in [-0.25, -0.2) is 0 Å². The van der Waals surface area contributed by atoms with Crippen molar-refractivity contribution in [1.29, 1.82) is 0 Å². The molecular formula is C16H32O. The zero-order valence-corrected chi connectivity index (χ0v) is 12.4. The van der Waals surface area contributed by atoms with Crippen LogP contribution in [0.3, 0.4) is 0 Å². The predicted molar refractivity (Wildman–Crippen MR) is 79.4 cm³/mol. The van der Waals surface area contributed by atoms with E-state index in [4.69, 9.17) is 0 Å². The van der Waals surface area contributed by atoms with Gasteiger partial charge in [-0.1, -0.05) is 58.3 Å². The first-order chi connectivity index (χ1) is 8.26. The van der Waals surface area contributed by atoms with Crippen molar-refractivity contribution < 1.29 is 4.74 Å². The maximum atomic E-state index is 4.57. The van der Waals surface area contributed by atoms with E-state index in [-0.39, 0.29) is 0 Å². The van der Waals surface area contributed by atoms with E-state index in [2.05, 4.69) is 24.8 Å². The molecule has 102 valence electrons. The van der Waals surface area contributed by atoms with E-state index in [1.165, 1.54) is 44.1 Å². The Bertz CT molecular complexity index is 166. The van der Waals surface area contributed by atoms with Gasteiger partial charge < -0.3 is 4.74 Å². The summed E-state index contributed by atoms with van der Waals surface area (Å²) in [4.78, 5) is 0. The van der Waals surface area contributed by atoms with E-state index in [1.807, 2.05) is 13.8 Å². The molecule has 1 nitrogen and oxygen atoms in total. The van der Waals surface area contributed by atoms with Crippen molar-refractivity contribution in [2.24, 2.45) is 5.92 Å². The topological polar surface area (TPSA) is 9.23 Å². The molecule has 17 heavy (non-hydrogen) atoms. The van der Waals surface area contributed by atoms with Gasteiger partial charge in [-0.05, 0) is 25.2 Å². The molecule has 0 amide bonds. The summed E-state index contributed by atoms with van der Waals surface area (Å²) < 4.78 is 4.57. The first-order valence-corrected chi connectivity index (χ1v) is 7.03. The number of allylic oxidation sites excluding steroid dienone is 1. The van der Waals surface area contributed by atoms with Crippen LogP contribution in [-0.4, -0.2) is 13.7 Å². The minimum absolute atomic E-state index is 0.653. The van der Waals surface area contributed by atoms with Crippen LogP contribution in [0.1, 0.15) is 59.3 Å². The van der Waals surface area contributed by atoms with Crippen LogP contribution < -0.4 is 0 Å². The fourth-order valence-electron chi connectivity index (χ4n) is 1.92. The van der Waals surface area contributed by atoms with E-state index >= 15 is 0 Å². The molecule has 0 spiro atoms. The predicted octanol–water partition coefficient (Wildman–Crippen LogP) is 5.38. The third-order valence-corrected chi connectivity index (χ3v) is 2.92. The molecule has 0 aliphatic heterocycles. The Morgan fingerprint density at radius 1 is 1.24 bits per heavy atom. The maximum Gasteiger partial charge on any atom is 0.0641 e.